The molecule has 0 radical (unpaired) electrons. The van der Waals surface area contributed by atoms with Crippen molar-refractivity contribution in [2.24, 2.45) is 0 Å². The van der Waals surface area contributed by atoms with E-state index in [1.54, 1.807) is 14.0 Å². The number of amides is 1. The predicted octanol–water partition coefficient (Wildman–Crippen LogP) is 3.75. The van der Waals surface area contributed by atoms with Crippen LogP contribution in [0.1, 0.15) is 12.5 Å². The Bertz CT molecular complexity index is 731. The number of anilines is 1. The van der Waals surface area contributed by atoms with Crippen molar-refractivity contribution >= 4 is 11.6 Å². The van der Waals surface area contributed by atoms with Crippen LogP contribution in [-0.2, 0) is 11.2 Å². The Morgan fingerprint density at radius 3 is 2.19 bits per heavy atom. The molecule has 2 aromatic carbocycles. The summed E-state index contributed by atoms with van der Waals surface area (Å²) in [6.07, 6.45) is -4.06. The number of carbonyl (C=O) groups excluding carboxylic acids is 1. The molecule has 5 nitrogen and oxygen atoms in total. The third-order valence-electron chi connectivity index (χ3n) is 3.74. The second-order valence-corrected chi connectivity index (χ2v) is 5.83. The minimum atomic E-state index is -4.73. The second-order valence-electron chi connectivity index (χ2n) is 5.83. The summed E-state index contributed by atoms with van der Waals surface area (Å²) in [5.74, 6) is 0.246. The topological polar surface area (TPSA) is 59.6 Å². The minimum Gasteiger partial charge on any atom is -0.497 e. The Hall–Kier alpha value is -2.90. The molecule has 1 unspecified atom stereocenters. The maximum absolute atomic E-state index is 12.1. The molecule has 2 N–H and O–H groups in total. The van der Waals surface area contributed by atoms with Crippen LogP contribution >= 0.6 is 0 Å². The van der Waals surface area contributed by atoms with Gasteiger partial charge in [0.1, 0.15) is 17.5 Å². The highest BCUT2D eigenvalue weighted by atomic mass is 19.4. The van der Waals surface area contributed by atoms with Crippen LogP contribution in [0, 0.1) is 0 Å². The zero-order chi connectivity index (χ0) is 19.9. The highest BCUT2D eigenvalue weighted by Crippen LogP contribution is 2.24. The lowest BCUT2D eigenvalue weighted by molar-refractivity contribution is -0.274. The summed E-state index contributed by atoms with van der Waals surface area (Å²) in [4.78, 5) is 12.1. The van der Waals surface area contributed by atoms with E-state index in [2.05, 4.69) is 15.4 Å². The first-order valence-electron chi connectivity index (χ1n) is 8.30. The van der Waals surface area contributed by atoms with E-state index in [0.29, 0.717) is 18.7 Å². The fourth-order valence-electron chi connectivity index (χ4n) is 2.34. The van der Waals surface area contributed by atoms with Crippen molar-refractivity contribution in [3.8, 4) is 11.5 Å². The molecule has 0 spiro atoms. The van der Waals surface area contributed by atoms with Gasteiger partial charge in [0, 0.05) is 12.2 Å². The summed E-state index contributed by atoms with van der Waals surface area (Å²) < 4.78 is 45.3. The van der Waals surface area contributed by atoms with Gasteiger partial charge in [0.05, 0.1) is 7.11 Å². The van der Waals surface area contributed by atoms with Gasteiger partial charge in [-0.25, -0.2) is 0 Å². The Labute approximate surface area is 155 Å². The molecule has 0 saturated carbocycles. The van der Waals surface area contributed by atoms with Gasteiger partial charge in [0.15, 0.2) is 0 Å². The fraction of sp³-hybridized carbons (Fsp3) is 0.316. The Balaban J connectivity index is 1.77. The van der Waals surface area contributed by atoms with E-state index in [4.69, 9.17) is 4.74 Å². The normalized spacial score (nSPS) is 12.2. The summed E-state index contributed by atoms with van der Waals surface area (Å²) in [5.41, 5.74) is 1.58. The SMILES string of the molecule is COc1ccc(CCNC(=O)C(C)Nc2ccc(OC(F)(F)F)cc2)cc1. The summed E-state index contributed by atoms with van der Waals surface area (Å²) in [6, 6.07) is 12.2. The number of alkyl halides is 3. The Morgan fingerprint density at radius 1 is 1.04 bits per heavy atom. The fourth-order valence-corrected chi connectivity index (χ4v) is 2.34. The molecule has 8 heteroatoms. The zero-order valence-corrected chi connectivity index (χ0v) is 15.0. The number of rotatable bonds is 8. The first kappa shape index (κ1) is 20.4. The predicted molar refractivity (Wildman–Crippen MR) is 95.9 cm³/mol. The van der Waals surface area contributed by atoms with Gasteiger partial charge in [-0.1, -0.05) is 12.1 Å². The molecule has 0 heterocycles. The van der Waals surface area contributed by atoms with Crippen molar-refractivity contribution < 1.29 is 27.4 Å². The monoisotopic (exact) mass is 382 g/mol. The highest BCUT2D eigenvalue weighted by Gasteiger charge is 2.30. The third-order valence-corrected chi connectivity index (χ3v) is 3.74. The van der Waals surface area contributed by atoms with Crippen LogP contribution in [0.15, 0.2) is 48.5 Å². The average molecular weight is 382 g/mol. The molecule has 27 heavy (non-hydrogen) atoms. The number of methoxy groups -OCH3 is 1. The Kier molecular flexibility index (Phi) is 6.92. The standard InChI is InChI=1S/C19H21F3N2O3/c1-13(24-15-5-9-17(10-6-15)27-19(20,21)22)18(25)23-12-11-14-3-7-16(26-2)8-4-14/h3-10,13,24H,11-12H2,1-2H3,(H,23,25). The van der Waals surface area contributed by atoms with Crippen LogP contribution in [0.4, 0.5) is 18.9 Å². The maximum Gasteiger partial charge on any atom is 0.573 e. The maximum atomic E-state index is 12.1. The van der Waals surface area contributed by atoms with Crippen molar-refractivity contribution in [1.82, 2.24) is 5.32 Å². The number of hydrogen-bond donors (Lipinski definition) is 2. The van der Waals surface area contributed by atoms with Gasteiger partial charge in [0.2, 0.25) is 5.91 Å². The lowest BCUT2D eigenvalue weighted by atomic mass is 10.1. The van der Waals surface area contributed by atoms with Crippen LogP contribution in [0.2, 0.25) is 0 Å². The molecular formula is C19H21F3N2O3. The van der Waals surface area contributed by atoms with Gasteiger partial charge in [-0.2, -0.15) is 0 Å². The minimum absolute atomic E-state index is 0.209. The van der Waals surface area contributed by atoms with Crippen LogP contribution in [0.25, 0.3) is 0 Å². The first-order chi connectivity index (χ1) is 12.8. The van der Waals surface area contributed by atoms with E-state index in [0.717, 1.165) is 11.3 Å². The molecular weight excluding hydrogens is 361 g/mol. The molecule has 0 aliphatic rings. The molecule has 2 aromatic rings. The van der Waals surface area contributed by atoms with Gasteiger partial charge >= 0.3 is 6.36 Å². The van der Waals surface area contributed by atoms with E-state index in [-0.39, 0.29) is 11.7 Å². The van der Waals surface area contributed by atoms with Crippen molar-refractivity contribution in [3.05, 3.63) is 54.1 Å². The van der Waals surface area contributed by atoms with Gasteiger partial charge < -0.3 is 20.1 Å². The molecule has 1 amide bonds. The van der Waals surface area contributed by atoms with Crippen molar-refractivity contribution in [1.29, 1.82) is 0 Å². The van der Waals surface area contributed by atoms with E-state index in [9.17, 15) is 18.0 Å². The van der Waals surface area contributed by atoms with Gasteiger partial charge in [-0.05, 0) is 55.3 Å². The molecule has 0 fully saturated rings. The Morgan fingerprint density at radius 2 is 1.63 bits per heavy atom. The van der Waals surface area contributed by atoms with Crippen molar-refractivity contribution in [2.75, 3.05) is 19.0 Å². The molecule has 1 atom stereocenters. The molecule has 0 aliphatic carbocycles. The van der Waals surface area contributed by atoms with E-state index in [1.165, 1.54) is 24.3 Å². The van der Waals surface area contributed by atoms with Crippen LogP contribution in [-0.4, -0.2) is 32.0 Å². The number of hydrogen-bond acceptors (Lipinski definition) is 4. The molecule has 0 saturated heterocycles. The second kappa shape index (κ2) is 9.16. The largest absolute Gasteiger partial charge is 0.573 e. The van der Waals surface area contributed by atoms with Crippen molar-refractivity contribution in [3.63, 3.8) is 0 Å². The summed E-state index contributed by atoms with van der Waals surface area (Å²) in [6.45, 7) is 2.14. The van der Waals surface area contributed by atoms with Crippen molar-refractivity contribution in [2.45, 2.75) is 25.7 Å². The third kappa shape index (κ3) is 7.08. The molecule has 2 rings (SSSR count). The van der Waals surface area contributed by atoms with Crippen LogP contribution < -0.4 is 20.1 Å². The first-order valence-corrected chi connectivity index (χ1v) is 8.30. The summed E-state index contributed by atoms with van der Waals surface area (Å²) >= 11 is 0. The molecule has 0 aliphatic heterocycles. The summed E-state index contributed by atoms with van der Waals surface area (Å²) in [5, 5.41) is 5.75. The van der Waals surface area contributed by atoms with Gasteiger partial charge in [0.25, 0.3) is 0 Å². The number of carbonyl (C=O) groups is 1. The van der Waals surface area contributed by atoms with Gasteiger partial charge in [-0.15, -0.1) is 13.2 Å². The molecule has 0 bridgehead atoms. The summed E-state index contributed by atoms with van der Waals surface area (Å²) in [7, 11) is 1.60. The highest BCUT2D eigenvalue weighted by molar-refractivity contribution is 5.84. The number of benzene rings is 2. The number of ether oxygens (including phenoxy) is 2. The van der Waals surface area contributed by atoms with E-state index >= 15 is 0 Å². The smallest absolute Gasteiger partial charge is 0.497 e. The van der Waals surface area contributed by atoms with Crippen LogP contribution in [0.3, 0.4) is 0 Å². The average Bonchev–Trinajstić information content (AvgIpc) is 2.62. The zero-order valence-electron chi connectivity index (χ0n) is 15.0. The number of nitrogens with one attached hydrogen (secondary N) is 2. The van der Waals surface area contributed by atoms with E-state index in [1.807, 2.05) is 24.3 Å². The quantitative estimate of drug-likeness (QED) is 0.730. The lowest BCUT2D eigenvalue weighted by Gasteiger charge is -2.16. The molecule has 0 aromatic heterocycles. The number of halogens is 3. The van der Waals surface area contributed by atoms with Gasteiger partial charge in [-0.3, -0.25) is 4.79 Å². The van der Waals surface area contributed by atoms with E-state index < -0.39 is 12.4 Å². The van der Waals surface area contributed by atoms with Crippen LogP contribution in [0.5, 0.6) is 11.5 Å². The molecule has 146 valence electrons. The lowest BCUT2D eigenvalue weighted by Crippen LogP contribution is -2.38.